The van der Waals surface area contributed by atoms with Gasteiger partial charge in [-0.3, -0.25) is 4.79 Å². The number of aromatic nitrogens is 1. The van der Waals surface area contributed by atoms with Gasteiger partial charge in [0.05, 0.1) is 10.6 Å². The van der Waals surface area contributed by atoms with Gasteiger partial charge in [0.25, 0.3) is 5.91 Å². The number of carbonyl (C=O) groups excluding carboxylic acids is 1. The highest BCUT2D eigenvalue weighted by atomic mass is 35.5. The van der Waals surface area contributed by atoms with Gasteiger partial charge < -0.3 is 4.57 Å². The Bertz CT molecular complexity index is 927. The van der Waals surface area contributed by atoms with E-state index in [9.17, 15) is 4.79 Å². The van der Waals surface area contributed by atoms with E-state index in [2.05, 4.69) is 36.2 Å². The van der Waals surface area contributed by atoms with E-state index >= 15 is 0 Å². The first-order valence-corrected chi connectivity index (χ1v) is 8.06. The second kappa shape index (κ2) is 7.28. The maximum absolute atomic E-state index is 12.4. The average Bonchev–Trinajstić information content (AvgIpc) is 2.59. The number of hydrogen-bond acceptors (Lipinski definition) is 1. The molecule has 0 unspecified atom stereocenters. The van der Waals surface area contributed by atoms with Gasteiger partial charge in [-0.25, -0.2) is 0 Å². The van der Waals surface area contributed by atoms with E-state index in [0.717, 1.165) is 5.56 Å². The minimum atomic E-state index is -0.343. The number of rotatable bonds is 3. The van der Waals surface area contributed by atoms with Crippen LogP contribution in [0.25, 0.3) is 0 Å². The van der Waals surface area contributed by atoms with Crippen LogP contribution < -0.4 is 5.49 Å². The van der Waals surface area contributed by atoms with Crippen molar-refractivity contribution in [1.82, 2.24) is 4.57 Å². The molecule has 0 aliphatic carbocycles. The molecule has 120 valence electrons. The number of hydrogen-bond donors (Lipinski definition) is 0. The third kappa shape index (κ3) is 3.81. The van der Waals surface area contributed by atoms with Gasteiger partial charge in [0.1, 0.15) is 5.49 Å². The van der Waals surface area contributed by atoms with Crippen LogP contribution in [0, 0.1) is 6.92 Å². The number of halogens is 1. The largest absolute Gasteiger partial charge is 0.328 e. The van der Waals surface area contributed by atoms with Crippen LogP contribution in [0.4, 0.5) is 0 Å². The van der Waals surface area contributed by atoms with Crippen LogP contribution in [0.5, 0.6) is 0 Å². The zero-order valence-electron chi connectivity index (χ0n) is 13.3. The second-order valence-electron chi connectivity index (χ2n) is 5.57. The highest BCUT2D eigenvalue weighted by molar-refractivity contribution is 6.33. The zero-order chi connectivity index (χ0) is 16.9. The predicted molar refractivity (Wildman–Crippen MR) is 96.1 cm³/mol. The summed E-state index contributed by atoms with van der Waals surface area (Å²) in [7, 11) is 0. The molecule has 0 saturated heterocycles. The van der Waals surface area contributed by atoms with Crippen molar-refractivity contribution in [3.8, 4) is 0 Å². The molecule has 3 aromatic rings. The van der Waals surface area contributed by atoms with E-state index in [-0.39, 0.29) is 5.91 Å². The fourth-order valence-corrected chi connectivity index (χ4v) is 2.61. The molecule has 0 aliphatic heterocycles. The predicted octanol–water partition coefficient (Wildman–Crippen LogP) is 4.24. The third-order valence-electron chi connectivity index (χ3n) is 3.71. The highest BCUT2D eigenvalue weighted by Crippen LogP contribution is 2.15. The standard InChI is InChI=1S/C20H17ClN2O/c1-15-9-11-16(12-10-15)14-23-13-5-4-8-19(23)22-20(24)17-6-2-3-7-18(17)21/h2-13H,14H2,1H3. The Kier molecular flexibility index (Phi) is 4.92. The Morgan fingerprint density at radius 2 is 1.71 bits per heavy atom. The van der Waals surface area contributed by atoms with Crippen molar-refractivity contribution in [2.45, 2.75) is 13.5 Å². The minimum Gasteiger partial charge on any atom is -0.328 e. The maximum atomic E-state index is 12.4. The molecule has 24 heavy (non-hydrogen) atoms. The summed E-state index contributed by atoms with van der Waals surface area (Å²) in [6, 6.07) is 20.9. The lowest BCUT2D eigenvalue weighted by molar-refractivity contribution is 0.0997. The van der Waals surface area contributed by atoms with Gasteiger partial charge in [0, 0.05) is 12.7 Å². The molecular weight excluding hydrogens is 320 g/mol. The van der Waals surface area contributed by atoms with Gasteiger partial charge in [-0.05, 0) is 36.8 Å². The number of nitrogens with zero attached hydrogens (tertiary/aromatic N) is 2. The summed E-state index contributed by atoms with van der Waals surface area (Å²) >= 11 is 6.08. The Morgan fingerprint density at radius 3 is 2.46 bits per heavy atom. The molecule has 0 aliphatic rings. The summed E-state index contributed by atoms with van der Waals surface area (Å²) in [5, 5.41) is 0.410. The summed E-state index contributed by atoms with van der Waals surface area (Å²) < 4.78 is 1.94. The average molecular weight is 337 g/mol. The number of pyridine rings is 1. The van der Waals surface area contributed by atoms with Crippen molar-refractivity contribution in [3.63, 3.8) is 0 Å². The van der Waals surface area contributed by atoms with Crippen LogP contribution in [0.3, 0.4) is 0 Å². The van der Waals surface area contributed by atoms with Crippen LogP contribution in [0.15, 0.2) is 77.9 Å². The molecule has 3 nitrogen and oxygen atoms in total. The van der Waals surface area contributed by atoms with Crippen molar-refractivity contribution >= 4 is 17.5 Å². The second-order valence-corrected chi connectivity index (χ2v) is 5.98. The van der Waals surface area contributed by atoms with E-state index < -0.39 is 0 Å². The molecule has 4 heteroatoms. The van der Waals surface area contributed by atoms with Crippen LogP contribution in [-0.4, -0.2) is 10.5 Å². The monoisotopic (exact) mass is 336 g/mol. The summed E-state index contributed by atoms with van der Waals surface area (Å²) in [5.74, 6) is -0.343. The lowest BCUT2D eigenvalue weighted by atomic mass is 10.1. The van der Waals surface area contributed by atoms with Crippen LogP contribution in [0.1, 0.15) is 21.5 Å². The molecule has 0 radical (unpaired) electrons. The minimum absolute atomic E-state index is 0.343. The van der Waals surface area contributed by atoms with Gasteiger partial charge >= 0.3 is 0 Å². The molecule has 0 saturated carbocycles. The van der Waals surface area contributed by atoms with Gasteiger partial charge in [0.15, 0.2) is 0 Å². The van der Waals surface area contributed by atoms with Crippen molar-refractivity contribution in [3.05, 3.63) is 100 Å². The summed E-state index contributed by atoms with van der Waals surface area (Å²) in [5.41, 5.74) is 3.38. The molecule has 2 aromatic carbocycles. The van der Waals surface area contributed by atoms with Gasteiger partial charge in [-0.2, -0.15) is 4.99 Å². The van der Waals surface area contributed by atoms with E-state index in [1.165, 1.54) is 5.56 Å². The van der Waals surface area contributed by atoms with E-state index in [0.29, 0.717) is 22.6 Å². The van der Waals surface area contributed by atoms with E-state index in [1.54, 1.807) is 24.3 Å². The maximum Gasteiger partial charge on any atom is 0.280 e. The van der Waals surface area contributed by atoms with Crippen LogP contribution in [0.2, 0.25) is 5.02 Å². The third-order valence-corrected chi connectivity index (χ3v) is 4.04. The van der Waals surface area contributed by atoms with Gasteiger partial charge in [0.2, 0.25) is 0 Å². The first-order valence-electron chi connectivity index (χ1n) is 7.68. The van der Waals surface area contributed by atoms with Gasteiger partial charge in [-0.15, -0.1) is 0 Å². The SMILES string of the molecule is Cc1ccc(Cn2ccccc2=NC(=O)c2ccccc2Cl)cc1. The Labute approximate surface area is 145 Å². The van der Waals surface area contributed by atoms with Crippen LogP contribution in [-0.2, 0) is 6.54 Å². The number of amides is 1. The zero-order valence-corrected chi connectivity index (χ0v) is 14.1. The molecule has 3 rings (SSSR count). The van der Waals surface area contributed by atoms with Crippen molar-refractivity contribution in [2.24, 2.45) is 4.99 Å². The van der Waals surface area contributed by atoms with E-state index in [1.807, 2.05) is 29.0 Å². The fraction of sp³-hybridized carbons (Fsp3) is 0.100. The molecule has 0 atom stereocenters. The lowest BCUT2D eigenvalue weighted by Gasteiger charge is -2.08. The van der Waals surface area contributed by atoms with Crippen LogP contribution >= 0.6 is 11.6 Å². The summed E-state index contributed by atoms with van der Waals surface area (Å²) in [6.07, 6.45) is 1.92. The first-order chi connectivity index (χ1) is 11.6. The molecular formula is C20H17ClN2O. The van der Waals surface area contributed by atoms with E-state index in [4.69, 9.17) is 11.6 Å². The van der Waals surface area contributed by atoms with Crippen molar-refractivity contribution in [1.29, 1.82) is 0 Å². The lowest BCUT2D eigenvalue weighted by Crippen LogP contribution is -2.22. The van der Waals surface area contributed by atoms with Gasteiger partial charge in [-0.1, -0.05) is 59.6 Å². The van der Waals surface area contributed by atoms with Crippen molar-refractivity contribution in [2.75, 3.05) is 0 Å². The molecule has 1 amide bonds. The fourth-order valence-electron chi connectivity index (χ4n) is 2.39. The Hall–Kier alpha value is -2.65. The Morgan fingerprint density at radius 1 is 1.00 bits per heavy atom. The number of carbonyl (C=O) groups is 1. The first kappa shape index (κ1) is 16.2. The summed E-state index contributed by atoms with van der Waals surface area (Å²) in [4.78, 5) is 16.7. The molecule has 0 spiro atoms. The summed E-state index contributed by atoms with van der Waals surface area (Å²) in [6.45, 7) is 2.71. The molecule has 0 bridgehead atoms. The molecule has 0 N–H and O–H groups in total. The molecule has 0 fully saturated rings. The normalized spacial score (nSPS) is 11.5. The molecule has 1 heterocycles. The molecule has 1 aromatic heterocycles. The Balaban J connectivity index is 1.95. The number of aryl methyl sites for hydroxylation is 1. The topological polar surface area (TPSA) is 34.4 Å². The quantitative estimate of drug-likeness (QED) is 0.704. The van der Waals surface area contributed by atoms with Crippen molar-refractivity contribution < 1.29 is 4.79 Å². The smallest absolute Gasteiger partial charge is 0.280 e. The highest BCUT2D eigenvalue weighted by Gasteiger charge is 2.08. The number of benzene rings is 2.